The molecule has 2 saturated heterocycles. The van der Waals surface area contributed by atoms with Crippen LogP contribution in [0.25, 0.3) is 0 Å². The normalized spacial score (nSPS) is 16.3. The summed E-state index contributed by atoms with van der Waals surface area (Å²) in [5, 5.41) is 34.0. The summed E-state index contributed by atoms with van der Waals surface area (Å²) in [7, 11) is 2.08. The molecule has 1 spiro atoms. The number of anilines is 1. The highest BCUT2D eigenvalue weighted by atomic mass is 19.1. The first-order valence-corrected chi connectivity index (χ1v) is 17.8. The number of aliphatic carboxylic acids is 2. The minimum absolute atomic E-state index is 0.0458. The molecule has 2 aliphatic rings. The van der Waals surface area contributed by atoms with E-state index in [1.807, 2.05) is 34.6 Å². The highest BCUT2D eigenvalue weighted by Gasteiger charge is 2.50. The number of hydrogen-bond acceptors (Lipinski definition) is 11. The number of nitrogens with zero attached hydrogens (tertiary/aromatic N) is 7. The van der Waals surface area contributed by atoms with Crippen LogP contribution in [0.1, 0.15) is 78.1 Å². The van der Waals surface area contributed by atoms with Crippen LogP contribution < -0.4 is 9.64 Å². The second-order valence-electron chi connectivity index (χ2n) is 15.1. The van der Waals surface area contributed by atoms with Crippen molar-refractivity contribution in [1.29, 1.82) is 0 Å². The maximum absolute atomic E-state index is 14.3. The number of hydrogen-bond donors (Lipinski definition) is 3. The van der Waals surface area contributed by atoms with Crippen molar-refractivity contribution < 1.29 is 38.8 Å². The molecule has 0 unspecified atom stereocenters. The van der Waals surface area contributed by atoms with Crippen LogP contribution in [0.5, 0.6) is 11.6 Å². The summed E-state index contributed by atoms with van der Waals surface area (Å²) in [6.45, 7) is 20.0. The van der Waals surface area contributed by atoms with Crippen LogP contribution in [0.2, 0.25) is 0 Å². The first-order valence-electron chi connectivity index (χ1n) is 17.8. The Morgan fingerprint density at radius 3 is 2.31 bits per heavy atom. The Bertz CT molecular complexity index is 1530. The average Bonchev–Trinajstić information content (AvgIpc) is 3.48. The lowest BCUT2D eigenvalue weighted by Gasteiger charge is -2.53. The molecule has 2 fully saturated rings. The third kappa shape index (κ3) is 12.2. The van der Waals surface area contributed by atoms with Gasteiger partial charge in [-0.05, 0) is 91.6 Å². The SMILES string of the molecule is CCN(C(=O)c1cc(F)ccc1Oc1nncnc1N1CCC2(C1)CN([C@H](CCCN(C)CC(C)(C)O)C(C)C)C2)C(C)C.O=C(O)/C=C/C(=O)O. The second-order valence-corrected chi connectivity index (χ2v) is 15.1. The fourth-order valence-corrected chi connectivity index (χ4v) is 7.12. The van der Waals surface area contributed by atoms with Gasteiger partial charge in [0.05, 0.1) is 11.2 Å². The zero-order valence-corrected chi connectivity index (χ0v) is 31.8. The molecule has 14 nitrogen and oxygen atoms in total. The predicted molar refractivity (Wildman–Crippen MR) is 195 cm³/mol. The minimum Gasteiger partial charge on any atom is -0.478 e. The van der Waals surface area contributed by atoms with E-state index in [0.717, 1.165) is 52.0 Å². The van der Waals surface area contributed by atoms with E-state index in [1.165, 1.54) is 24.5 Å². The Hall–Kier alpha value is -4.21. The van der Waals surface area contributed by atoms with Gasteiger partial charge in [0, 0.05) is 68.9 Å². The third-order valence-electron chi connectivity index (χ3n) is 9.29. The molecule has 0 saturated carbocycles. The summed E-state index contributed by atoms with van der Waals surface area (Å²) in [6, 6.07) is 4.45. The highest BCUT2D eigenvalue weighted by Crippen LogP contribution is 2.44. The maximum Gasteiger partial charge on any atom is 0.328 e. The van der Waals surface area contributed by atoms with Crippen LogP contribution in [0, 0.1) is 17.2 Å². The number of carboxylic acid groups (broad SMARTS) is 2. The van der Waals surface area contributed by atoms with E-state index < -0.39 is 23.4 Å². The maximum atomic E-state index is 14.3. The fourth-order valence-electron chi connectivity index (χ4n) is 7.12. The van der Waals surface area contributed by atoms with Gasteiger partial charge >= 0.3 is 11.9 Å². The molecule has 1 aromatic heterocycles. The van der Waals surface area contributed by atoms with Crippen molar-refractivity contribution in [2.45, 2.75) is 85.4 Å². The molecular weight excluding hydrogens is 673 g/mol. The van der Waals surface area contributed by atoms with Crippen LogP contribution in [0.4, 0.5) is 10.2 Å². The van der Waals surface area contributed by atoms with E-state index in [1.54, 1.807) is 4.90 Å². The molecule has 0 radical (unpaired) electrons. The summed E-state index contributed by atoms with van der Waals surface area (Å²) in [4.78, 5) is 45.7. The summed E-state index contributed by atoms with van der Waals surface area (Å²) in [5.41, 5.74) is -0.351. The van der Waals surface area contributed by atoms with Gasteiger partial charge < -0.3 is 34.8 Å². The lowest BCUT2D eigenvalue weighted by Crippen LogP contribution is -2.62. The van der Waals surface area contributed by atoms with Crippen molar-refractivity contribution in [2.24, 2.45) is 11.3 Å². The van der Waals surface area contributed by atoms with Crippen LogP contribution in [0.3, 0.4) is 0 Å². The lowest BCUT2D eigenvalue weighted by molar-refractivity contribution is -0.134. The fraction of sp³-hybridized carbons (Fsp3) is 0.622. The molecule has 3 N–H and O–H groups in total. The van der Waals surface area contributed by atoms with Crippen molar-refractivity contribution in [3.8, 4) is 11.6 Å². The number of aliphatic hydroxyl groups is 1. The summed E-state index contributed by atoms with van der Waals surface area (Å²) in [6.07, 6.45) is 5.81. The zero-order valence-electron chi connectivity index (χ0n) is 31.8. The molecule has 1 amide bonds. The number of carboxylic acids is 2. The number of aromatic nitrogens is 3. The van der Waals surface area contributed by atoms with Crippen LogP contribution in [0.15, 0.2) is 36.7 Å². The Balaban J connectivity index is 0.000000815. The standard InChI is InChI=1S/C33H52FN7O3.C4H4O4/c1-9-41(24(4)5)31(42)26-17-25(34)12-13-28(26)44-30-29(35-22-36-37-30)39-16-14-33(19-39)20-40(21-33)27(23(2)3)11-10-15-38(8)18-32(6,7)43;5-3(6)1-2-4(7)8/h12-13,17,22-24,27,43H,9-11,14-16,18-21H2,1-8H3;1-2H,(H,5,6)(H,7,8)/b;2-1+/t27-;/m1./s1. The molecule has 3 heterocycles. The van der Waals surface area contributed by atoms with Gasteiger partial charge in [0.15, 0.2) is 5.82 Å². The molecule has 4 rings (SSSR count). The van der Waals surface area contributed by atoms with Gasteiger partial charge in [-0.3, -0.25) is 9.69 Å². The third-order valence-corrected chi connectivity index (χ3v) is 9.29. The lowest BCUT2D eigenvalue weighted by atomic mass is 9.76. The number of halogens is 1. The monoisotopic (exact) mass is 729 g/mol. The van der Waals surface area contributed by atoms with E-state index in [0.29, 0.717) is 43.0 Å². The average molecular weight is 730 g/mol. The minimum atomic E-state index is -1.26. The Morgan fingerprint density at radius 2 is 1.75 bits per heavy atom. The largest absolute Gasteiger partial charge is 0.478 e. The van der Waals surface area contributed by atoms with E-state index in [4.69, 9.17) is 14.9 Å². The van der Waals surface area contributed by atoms with Crippen LogP contribution in [-0.4, -0.2) is 134 Å². The highest BCUT2D eigenvalue weighted by molar-refractivity contribution is 5.97. The first kappa shape index (κ1) is 42.2. The molecule has 2 aliphatic heterocycles. The van der Waals surface area contributed by atoms with Gasteiger partial charge in [-0.25, -0.2) is 19.0 Å². The van der Waals surface area contributed by atoms with Gasteiger partial charge in [0.1, 0.15) is 17.9 Å². The van der Waals surface area contributed by atoms with Crippen molar-refractivity contribution in [1.82, 2.24) is 29.9 Å². The summed E-state index contributed by atoms with van der Waals surface area (Å²) < 4.78 is 20.5. The number of carbonyl (C=O) groups excluding carboxylic acids is 1. The van der Waals surface area contributed by atoms with Crippen molar-refractivity contribution >= 4 is 23.7 Å². The molecule has 0 aliphatic carbocycles. The van der Waals surface area contributed by atoms with E-state index in [-0.39, 0.29) is 34.6 Å². The quantitative estimate of drug-likeness (QED) is 0.208. The molecular formula is C37H56FN7O7. The predicted octanol–water partition coefficient (Wildman–Crippen LogP) is 4.40. The summed E-state index contributed by atoms with van der Waals surface area (Å²) in [5.74, 6) is -1.73. The van der Waals surface area contributed by atoms with E-state index in [9.17, 15) is 23.9 Å². The van der Waals surface area contributed by atoms with Crippen LogP contribution in [-0.2, 0) is 9.59 Å². The van der Waals surface area contributed by atoms with Gasteiger partial charge in [0.25, 0.3) is 11.8 Å². The number of benzene rings is 1. The van der Waals surface area contributed by atoms with E-state index in [2.05, 4.69) is 50.8 Å². The topological polar surface area (TPSA) is 173 Å². The van der Waals surface area contributed by atoms with Crippen molar-refractivity contribution in [3.05, 3.63) is 48.1 Å². The zero-order chi connectivity index (χ0) is 38.8. The smallest absolute Gasteiger partial charge is 0.328 e. The number of carbonyl (C=O) groups is 3. The molecule has 288 valence electrons. The van der Waals surface area contributed by atoms with Crippen molar-refractivity contribution in [3.63, 3.8) is 0 Å². The summed E-state index contributed by atoms with van der Waals surface area (Å²) >= 11 is 0. The molecule has 15 heteroatoms. The first-order chi connectivity index (χ1) is 24.3. The molecule has 1 atom stereocenters. The Morgan fingerprint density at radius 1 is 1.10 bits per heavy atom. The van der Waals surface area contributed by atoms with Crippen LogP contribution >= 0.6 is 0 Å². The van der Waals surface area contributed by atoms with Gasteiger partial charge in [-0.15, -0.1) is 10.2 Å². The number of amides is 1. The molecule has 1 aromatic carbocycles. The van der Waals surface area contributed by atoms with Crippen molar-refractivity contribution in [2.75, 3.05) is 57.8 Å². The van der Waals surface area contributed by atoms with E-state index >= 15 is 0 Å². The molecule has 52 heavy (non-hydrogen) atoms. The Kier molecular flexibility index (Phi) is 15.0. The molecule has 0 bridgehead atoms. The number of likely N-dealkylation sites (tertiary alicyclic amines) is 1. The van der Waals surface area contributed by atoms with Gasteiger partial charge in [-0.2, -0.15) is 0 Å². The van der Waals surface area contributed by atoms with Gasteiger partial charge in [0.2, 0.25) is 0 Å². The number of rotatable bonds is 16. The van der Waals surface area contributed by atoms with Gasteiger partial charge in [-0.1, -0.05) is 13.8 Å². The molecule has 2 aromatic rings. The Labute approximate surface area is 306 Å². The second kappa shape index (κ2) is 18.5. The number of likely N-dealkylation sites (N-methyl/N-ethyl adjacent to an activating group) is 1. The number of ether oxygens (including phenoxy) is 1.